The molecule has 0 aromatic heterocycles. The van der Waals surface area contributed by atoms with E-state index in [1.807, 2.05) is 30.3 Å². The summed E-state index contributed by atoms with van der Waals surface area (Å²) in [5.74, 6) is -1.06. The average molecular weight is 348 g/mol. The zero-order chi connectivity index (χ0) is 18.5. The van der Waals surface area contributed by atoms with E-state index in [4.69, 9.17) is 0 Å². The number of rotatable bonds is 4. The Hall–Kier alpha value is -3.47. The SMILES string of the molecule is CC(=O)Nc1ccc(NC(=O)c2cc(F)ccc2-c2ccccc2)cc1. The first-order valence-electron chi connectivity index (χ1n) is 8.07. The lowest BCUT2D eigenvalue weighted by Gasteiger charge is -2.11. The molecule has 3 aromatic carbocycles. The van der Waals surface area contributed by atoms with Gasteiger partial charge in [0.05, 0.1) is 5.56 Å². The summed E-state index contributed by atoms with van der Waals surface area (Å²) in [5, 5.41) is 5.41. The Bertz CT molecular complexity index is 938. The minimum Gasteiger partial charge on any atom is -0.326 e. The van der Waals surface area contributed by atoms with Crippen LogP contribution in [-0.2, 0) is 4.79 Å². The largest absolute Gasteiger partial charge is 0.326 e. The first kappa shape index (κ1) is 17.4. The standard InChI is InChI=1S/C21H17FN2O2/c1-14(25)23-17-8-10-18(11-9-17)24-21(26)20-13-16(22)7-12-19(20)15-5-3-2-4-6-15/h2-13H,1H3,(H,23,25)(H,24,26). The Labute approximate surface area is 150 Å². The van der Waals surface area contributed by atoms with Gasteiger partial charge in [0.1, 0.15) is 5.82 Å². The molecule has 0 aliphatic carbocycles. The lowest BCUT2D eigenvalue weighted by molar-refractivity contribution is -0.114. The molecule has 2 amide bonds. The summed E-state index contributed by atoms with van der Waals surface area (Å²) in [4.78, 5) is 23.7. The van der Waals surface area contributed by atoms with Gasteiger partial charge in [-0.25, -0.2) is 4.39 Å². The van der Waals surface area contributed by atoms with E-state index in [1.165, 1.54) is 19.1 Å². The minimum absolute atomic E-state index is 0.172. The number of carbonyl (C=O) groups is 2. The van der Waals surface area contributed by atoms with Gasteiger partial charge in [-0.3, -0.25) is 9.59 Å². The molecule has 0 saturated heterocycles. The summed E-state index contributed by atoms with van der Waals surface area (Å²) in [6.07, 6.45) is 0. The highest BCUT2D eigenvalue weighted by atomic mass is 19.1. The van der Waals surface area contributed by atoms with Gasteiger partial charge < -0.3 is 10.6 Å². The minimum atomic E-state index is -0.476. The zero-order valence-corrected chi connectivity index (χ0v) is 14.1. The van der Waals surface area contributed by atoms with Gasteiger partial charge in [-0.05, 0) is 47.5 Å². The summed E-state index contributed by atoms with van der Waals surface area (Å²) < 4.78 is 13.7. The number of amides is 2. The average Bonchev–Trinajstić information content (AvgIpc) is 2.63. The number of hydrogen-bond donors (Lipinski definition) is 2. The second-order valence-electron chi connectivity index (χ2n) is 5.77. The molecular weight excluding hydrogens is 331 g/mol. The third-order valence-electron chi connectivity index (χ3n) is 3.77. The number of nitrogens with one attached hydrogen (secondary N) is 2. The van der Waals surface area contributed by atoms with Crippen molar-refractivity contribution < 1.29 is 14.0 Å². The summed E-state index contributed by atoms with van der Waals surface area (Å²) in [5.41, 5.74) is 2.92. The van der Waals surface area contributed by atoms with E-state index >= 15 is 0 Å². The Morgan fingerprint density at radius 1 is 0.808 bits per heavy atom. The van der Waals surface area contributed by atoms with Gasteiger partial charge in [0.2, 0.25) is 5.91 Å². The first-order valence-corrected chi connectivity index (χ1v) is 8.07. The van der Waals surface area contributed by atoms with Crippen molar-refractivity contribution in [1.29, 1.82) is 0 Å². The second kappa shape index (κ2) is 7.61. The molecule has 0 bridgehead atoms. The highest BCUT2D eigenvalue weighted by Crippen LogP contribution is 2.25. The van der Waals surface area contributed by atoms with Crippen LogP contribution in [0.2, 0.25) is 0 Å². The van der Waals surface area contributed by atoms with Crippen LogP contribution in [0.25, 0.3) is 11.1 Å². The van der Waals surface area contributed by atoms with E-state index in [2.05, 4.69) is 10.6 Å². The molecule has 0 unspecified atom stereocenters. The highest BCUT2D eigenvalue weighted by molar-refractivity contribution is 6.08. The topological polar surface area (TPSA) is 58.2 Å². The molecule has 0 spiro atoms. The molecule has 0 radical (unpaired) electrons. The van der Waals surface area contributed by atoms with Crippen molar-refractivity contribution in [2.24, 2.45) is 0 Å². The van der Waals surface area contributed by atoms with Gasteiger partial charge in [-0.2, -0.15) is 0 Å². The predicted octanol–water partition coefficient (Wildman–Crippen LogP) is 4.70. The fraction of sp³-hybridized carbons (Fsp3) is 0.0476. The van der Waals surface area contributed by atoms with E-state index in [9.17, 15) is 14.0 Å². The fourth-order valence-electron chi connectivity index (χ4n) is 2.61. The first-order chi connectivity index (χ1) is 12.5. The van der Waals surface area contributed by atoms with E-state index < -0.39 is 11.7 Å². The van der Waals surface area contributed by atoms with E-state index in [0.29, 0.717) is 16.9 Å². The van der Waals surface area contributed by atoms with Gasteiger partial charge in [0.25, 0.3) is 5.91 Å². The van der Waals surface area contributed by atoms with Crippen molar-refractivity contribution in [3.8, 4) is 11.1 Å². The number of halogens is 1. The molecule has 26 heavy (non-hydrogen) atoms. The molecule has 5 heteroatoms. The smallest absolute Gasteiger partial charge is 0.256 e. The van der Waals surface area contributed by atoms with Gasteiger partial charge in [0, 0.05) is 18.3 Å². The van der Waals surface area contributed by atoms with Crippen LogP contribution in [0.15, 0.2) is 72.8 Å². The third-order valence-corrected chi connectivity index (χ3v) is 3.77. The van der Waals surface area contributed by atoms with Crippen molar-refractivity contribution in [2.75, 3.05) is 10.6 Å². The Morgan fingerprint density at radius 3 is 2.04 bits per heavy atom. The van der Waals surface area contributed by atoms with Crippen molar-refractivity contribution in [3.05, 3.63) is 84.2 Å². The quantitative estimate of drug-likeness (QED) is 0.718. The highest BCUT2D eigenvalue weighted by Gasteiger charge is 2.14. The van der Waals surface area contributed by atoms with Crippen LogP contribution in [-0.4, -0.2) is 11.8 Å². The maximum Gasteiger partial charge on any atom is 0.256 e. The van der Waals surface area contributed by atoms with Crippen molar-refractivity contribution >= 4 is 23.2 Å². The maximum atomic E-state index is 13.7. The molecule has 0 heterocycles. The molecule has 0 aliphatic rings. The molecule has 0 fully saturated rings. The van der Waals surface area contributed by atoms with Crippen molar-refractivity contribution in [3.63, 3.8) is 0 Å². The van der Waals surface area contributed by atoms with Crippen LogP contribution in [0.4, 0.5) is 15.8 Å². The van der Waals surface area contributed by atoms with Gasteiger partial charge in [-0.1, -0.05) is 36.4 Å². The van der Waals surface area contributed by atoms with Gasteiger partial charge >= 0.3 is 0 Å². The molecule has 130 valence electrons. The molecule has 0 saturated carbocycles. The van der Waals surface area contributed by atoms with Crippen LogP contribution in [0.5, 0.6) is 0 Å². The fourth-order valence-corrected chi connectivity index (χ4v) is 2.61. The summed E-state index contributed by atoms with van der Waals surface area (Å²) >= 11 is 0. The van der Waals surface area contributed by atoms with E-state index in [-0.39, 0.29) is 11.5 Å². The lowest BCUT2D eigenvalue weighted by Crippen LogP contribution is -2.13. The molecule has 0 atom stereocenters. The number of benzene rings is 3. The summed E-state index contributed by atoms with van der Waals surface area (Å²) in [7, 11) is 0. The molecule has 3 rings (SSSR count). The molecular formula is C21H17FN2O2. The predicted molar refractivity (Wildman–Crippen MR) is 101 cm³/mol. The lowest BCUT2D eigenvalue weighted by atomic mass is 9.99. The number of carbonyl (C=O) groups excluding carboxylic acids is 2. The molecule has 3 aromatic rings. The van der Waals surface area contributed by atoms with E-state index in [0.717, 1.165) is 5.56 Å². The van der Waals surface area contributed by atoms with Crippen molar-refractivity contribution in [1.82, 2.24) is 0 Å². The maximum absolute atomic E-state index is 13.7. The normalized spacial score (nSPS) is 10.2. The summed E-state index contributed by atoms with van der Waals surface area (Å²) in [6, 6.07) is 20.2. The Morgan fingerprint density at radius 2 is 1.42 bits per heavy atom. The molecule has 0 aliphatic heterocycles. The summed E-state index contributed by atoms with van der Waals surface area (Å²) in [6.45, 7) is 1.42. The van der Waals surface area contributed by atoms with Gasteiger partial charge in [-0.15, -0.1) is 0 Å². The molecule has 4 nitrogen and oxygen atoms in total. The zero-order valence-electron chi connectivity index (χ0n) is 14.1. The van der Waals surface area contributed by atoms with Gasteiger partial charge in [0.15, 0.2) is 0 Å². The van der Waals surface area contributed by atoms with Crippen LogP contribution in [0.3, 0.4) is 0 Å². The number of hydrogen-bond acceptors (Lipinski definition) is 2. The monoisotopic (exact) mass is 348 g/mol. The van der Waals surface area contributed by atoms with Crippen LogP contribution in [0, 0.1) is 5.82 Å². The third kappa shape index (κ3) is 4.13. The van der Waals surface area contributed by atoms with Crippen molar-refractivity contribution in [2.45, 2.75) is 6.92 Å². The van der Waals surface area contributed by atoms with Crippen LogP contribution in [0.1, 0.15) is 17.3 Å². The second-order valence-corrected chi connectivity index (χ2v) is 5.77. The molecule has 2 N–H and O–H groups in total. The van der Waals surface area contributed by atoms with Crippen LogP contribution < -0.4 is 10.6 Å². The number of anilines is 2. The Kier molecular flexibility index (Phi) is 5.08. The van der Waals surface area contributed by atoms with E-state index in [1.54, 1.807) is 30.3 Å². The Balaban J connectivity index is 1.86. The van der Waals surface area contributed by atoms with Crippen LogP contribution >= 0.6 is 0 Å².